The molecule has 1 aliphatic carbocycles. The third-order valence-electron chi connectivity index (χ3n) is 4.51. The fourth-order valence-electron chi connectivity index (χ4n) is 3.08. The number of hydrogen-bond donors (Lipinski definition) is 2. The third kappa shape index (κ3) is 6.16. The SMILES string of the molecule is CN=C(NCCOc1ccccc1)NCc1cccnc1OC1CCCC1. The fourth-order valence-corrected chi connectivity index (χ4v) is 3.08. The first-order chi connectivity index (χ1) is 13.3. The second-order valence-corrected chi connectivity index (χ2v) is 6.51. The molecule has 0 radical (unpaired) electrons. The third-order valence-corrected chi connectivity index (χ3v) is 4.51. The molecule has 2 N–H and O–H groups in total. The van der Waals surface area contributed by atoms with Crippen molar-refractivity contribution >= 4 is 5.96 Å². The van der Waals surface area contributed by atoms with Gasteiger partial charge in [-0.25, -0.2) is 4.98 Å². The molecule has 27 heavy (non-hydrogen) atoms. The standard InChI is InChI=1S/C21H28N4O2/c1-22-21(24-14-15-26-18-9-3-2-4-10-18)25-16-17-8-7-13-23-20(17)27-19-11-5-6-12-19/h2-4,7-10,13,19H,5-6,11-12,14-16H2,1H3,(H2,22,24,25). The van der Waals surface area contributed by atoms with Gasteiger partial charge in [0.2, 0.25) is 5.88 Å². The van der Waals surface area contributed by atoms with E-state index in [1.54, 1.807) is 13.2 Å². The number of ether oxygens (including phenoxy) is 2. The average Bonchev–Trinajstić information content (AvgIpc) is 3.22. The Morgan fingerprint density at radius 1 is 1.11 bits per heavy atom. The molecule has 0 spiro atoms. The maximum atomic E-state index is 6.09. The smallest absolute Gasteiger partial charge is 0.218 e. The van der Waals surface area contributed by atoms with Gasteiger partial charge in [-0.15, -0.1) is 0 Å². The predicted molar refractivity (Wildman–Crippen MR) is 107 cm³/mol. The number of benzene rings is 1. The lowest BCUT2D eigenvalue weighted by Crippen LogP contribution is -2.39. The highest BCUT2D eigenvalue weighted by molar-refractivity contribution is 5.79. The molecular formula is C21H28N4O2. The fraction of sp³-hybridized carbons (Fsp3) is 0.429. The number of rotatable bonds is 8. The zero-order chi connectivity index (χ0) is 18.7. The molecule has 1 aliphatic rings. The van der Waals surface area contributed by atoms with Crippen molar-refractivity contribution in [1.82, 2.24) is 15.6 Å². The van der Waals surface area contributed by atoms with Crippen LogP contribution in [0.5, 0.6) is 11.6 Å². The molecule has 6 nitrogen and oxygen atoms in total. The Balaban J connectivity index is 1.43. The summed E-state index contributed by atoms with van der Waals surface area (Å²) in [4.78, 5) is 8.67. The van der Waals surface area contributed by atoms with Gasteiger partial charge in [0.05, 0.1) is 6.54 Å². The van der Waals surface area contributed by atoms with Gasteiger partial charge in [-0.1, -0.05) is 24.3 Å². The van der Waals surface area contributed by atoms with Crippen LogP contribution in [-0.2, 0) is 6.54 Å². The van der Waals surface area contributed by atoms with Gasteiger partial charge in [0.15, 0.2) is 5.96 Å². The Kier molecular flexibility index (Phi) is 7.33. The Morgan fingerprint density at radius 3 is 2.70 bits per heavy atom. The molecular weight excluding hydrogens is 340 g/mol. The van der Waals surface area contributed by atoms with Crippen molar-refractivity contribution in [3.05, 3.63) is 54.2 Å². The minimum Gasteiger partial charge on any atom is -0.492 e. The zero-order valence-corrected chi connectivity index (χ0v) is 15.9. The number of aromatic nitrogens is 1. The quantitative estimate of drug-likeness (QED) is 0.426. The van der Waals surface area contributed by atoms with Crippen LogP contribution >= 0.6 is 0 Å². The van der Waals surface area contributed by atoms with E-state index in [2.05, 4.69) is 20.6 Å². The van der Waals surface area contributed by atoms with Gasteiger partial charge in [0.25, 0.3) is 0 Å². The molecule has 0 bridgehead atoms. The van der Waals surface area contributed by atoms with Crippen molar-refractivity contribution in [2.24, 2.45) is 4.99 Å². The molecule has 3 rings (SSSR count). The Bertz CT molecular complexity index is 715. The second-order valence-electron chi connectivity index (χ2n) is 6.51. The molecule has 2 aromatic rings. The van der Waals surface area contributed by atoms with Crippen LogP contribution in [0.4, 0.5) is 0 Å². The van der Waals surface area contributed by atoms with Crippen LogP contribution in [0.15, 0.2) is 53.7 Å². The van der Waals surface area contributed by atoms with Crippen LogP contribution in [0.25, 0.3) is 0 Å². The van der Waals surface area contributed by atoms with Crippen molar-refractivity contribution in [3.8, 4) is 11.6 Å². The topological polar surface area (TPSA) is 67.8 Å². The highest BCUT2D eigenvalue weighted by Gasteiger charge is 2.18. The molecule has 1 heterocycles. The van der Waals surface area contributed by atoms with E-state index < -0.39 is 0 Å². The molecule has 1 aromatic heterocycles. The first-order valence-corrected chi connectivity index (χ1v) is 9.58. The van der Waals surface area contributed by atoms with Crippen LogP contribution in [-0.4, -0.2) is 37.2 Å². The monoisotopic (exact) mass is 368 g/mol. The van der Waals surface area contributed by atoms with E-state index in [1.807, 2.05) is 42.5 Å². The van der Waals surface area contributed by atoms with E-state index in [9.17, 15) is 0 Å². The summed E-state index contributed by atoms with van der Waals surface area (Å²) in [5.74, 6) is 2.31. The van der Waals surface area contributed by atoms with Crippen LogP contribution < -0.4 is 20.1 Å². The molecule has 0 atom stereocenters. The second kappa shape index (κ2) is 10.4. The number of pyridine rings is 1. The Hall–Kier alpha value is -2.76. The molecule has 144 valence electrons. The van der Waals surface area contributed by atoms with Gasteiger partial charge in [-0.05, 0) is 43.9 Å². The van der Waals surface area contributed by atoms with Crippen LogP contribution in [0, 0.1) is 0 Å². The summed E-state index contributed by atoms with van der Waals surface area (Å²) < 4.78 is 11.8. The van der Waals surface area contributed by atoms with Gasteiger partial charge < -0.3 is 20.1 Å². The number of nitrogens with zero attached hydrogens (tertiary/aromatic N) is 2. The van der Waals surface area contributed by atoms with Crippen molar-refractivity contribution in [2.75, 3.05) is 20.2 Å². The largest absolute Gasteiger partial charge is 0.492 e. The maximum Gasteiger partial charge on any atom is 0.218 e. The van der Waals surface area contributed by atoms with Crippen LogP contribution in [0.2, 0.25) is 0 Å². The summed E-state index contributed by atoms with van der Waals surface area (Å²) in [5.41, 5.74) is 1.04. The summed E-state index contributed by atoms with van der Waals surface area (Å²) in [5, 5.41) is 6.57. The van der Waals surface area contributed by atoms with Gasteiger partial charge in [-0.2, -0.15) is 0 Å². The maximum absolute atomic E-state index is 6.09. The Morgan fingerprint density at radius 2 is 1.93 bits per heavy atom. The van der Waals surface area contributed by atoms with E-state index in [0.717, 1.165) is 36.0 Å². The van der Waals surface area contributed by atoms with Crippen molar-refractivity contribution in [3.63, 3.8) is 0 Å². The summed E-state index contributed by atoms with van der Waals surface area (Å²) in [6.45, 7) is 1.83. The highest BCUT2D eigenvalue weighted by Crippen LogP contribution is 2.24. The van der Waals surface area contributed by atoms with E-state index in [0.29, 0.717) is 25.8 Å². The van der Waals surface area contributed by atoms with Gasteiger partial charge >= 0.3 is 0 Å². The molecule has 1 fully saturated rings. The minimum atomic E-state index is 0.297. The molecule has 0 unspecified atom stereocenters. The summed E-state index contributed by atoms with van der Waals surface area (Å²) in [7, 11) is 1.76. The first kappa shape index (κ1) is 19.0. The number of hydrogen-bond acceptors (Lipinski definition) is 4. The zero-order valence-electron chi connectivity index (χ0n) is 15.9. The van der Waals surface area contributed by atoms with Crippen molar-refractivity contribution in [1.29, 1.82) is 0 Å². The lowest BCUT2D eigenvalue weighted by atomic mass is 10.2. The van der Waals surface area contributed by atoms with Crippen molar-refractivity contribution < 1.29 is 9.47 Å². The van der Waals surface area contributed by atoms with Gasteiger partial charge in [0.1, 0.15) is 18.5 Å². The molecule has 6 heteroatoms. The lowest BCUT2D eigenvalue weighted by Gasteiger charge is -2.17. The summed E-state index contributed by atoms with van der Waals surface area (Å²) in [6, 6.07) is 13.8. The normalized spacial score (nSPS) is 14.8. The molecule has 0 amide bonds. The number of nitrogens with one attached hydrogen (secondary N) is 2. The average molecular weight is 368 g/mol. The molecule has 1 saturated carbocycles. The highest BCUT2D eigenvalue weighted by atomic mass is 16.5. The molecule has 1 aromatic carbocycles. The summed E-state index contributed by atoms with van der Waals surface area (Å²) >= 11 is 0. The van der Waals surface area contributed by atoms with E-state index in [4.69, 9.17) is 9.47 Å². The van der Waals surface area contributed by atoms with Crippen molar-refractivity contribution in [2.45, 2.75) is 38.3 Å². The molecule has 0 aliphatic heterocycles. The van der Waals surface area contributed by atoms with Gasteiger partial charge in [0, 0.05) is 25.4 Å². The minimum absolute atomic E-state index is 0.297. The van der Waals surface area contributed by atoms with Crippen LogP contribution in [0.1, 0.15) is 31.2 Å². The Labute approximate surface area is 161 Å². The van der Waals surface area contributed by atoms with E-state index in [1.165, 1.54) is 12.8 Å². The number of guanidine groups is 1. The predicted octanol–water partition coefficient (Wildman–Crippen LogP) is 3.15. The molecule has 0 saturated heterocycles. The summed E-state index contributed by atoms with van der Waals surface area (Å²) in [6.07, 6.45) is 6.80. The lowest BCUT2D eigenvalue weighted by molar-refractivity contribution is 0.199. The first-order valence-electron chi connectivity index (χ1n) is 9.58. The van der Waals surface area contributed by atoms with E-state index in [-0.39, 0.29) is 0 Å². The number of para-hydroxylation sites is 1. The van der Waals surface area contributed by atoms with E-state index >= 15 is 0 Å². The van der Waals surface area contributed by atoms with Gasteiger partial charge in [-0.3, -0.25) is 4.99 Å². The number of aliphatic imine (C=N–C) groups is 1. The van der Waals surface area contributed by atoms with Crippen LogP contribution in [0.3, 0.4) is 0 Å².